The summed E-state index contributed by atoms with van der Waals surface area (Å²) in [4.78, 5) is 24.1. The number of anilines is 1. The van der Waals surface area contributed by atoms with Crippen LogP contribution in [0.2, 0.25) is 0 Å². The van der Waals surface area contributed by atoms with E-state index >= 15 is 0 Å². The SMILES string of the molecule is COCCOC(=O)C(C)Oc1ccc(C(=O)Nc2ccc(OC)cc2)cc1. The zero-order valence-corrected chi connectivity index (χ0v) is 15.6. The Balaban J connectivity index is 1.89. The van der Waals surface area contributed by atoms with E-state index in [1.165, 1.54) is 7.11 Å². The summed E-state index contributed by atoms with van der Waals surface area (Å²) in [5.74, 6) is 0.448. The van der Waals surface area contributed by atoms with Crippen LogP contribution in [0.4, 0.5) is 5.69 Å². The van der Waals surface area contributed by atoms with Gasteiger partial charge in [0.05, 0.1) is 13.7 Å². The molecule has 1 amide bonds. The van der Waals surface area contributed by atoms with Gasteiger partial charge in [0, 0.05) is 18.4 Å². The maximum atomic E-state index is 12.3. The molecule has 0 aliphatic rings. The summed E-state index contributed by atoms with van der Waals surface area (Å²) in [7, 11) is 3.11. The lowest BCUT2D eigenvalue weighted by atomic mass is 10.2. The summed E-state index contributed by atoms with van der Waals surface area (Å²) >= 11 is 0. The summed E-state index contributed by atoms with van der Waals surface area (Å²) < 4.78 is 20.4. The van der Waals surface area contributed by atoms with Crippen LogP contribution in [-0.4, -0.2) is 45.4 Å². The van der Waals surface area contributed by atoms with Gasteiger partial charge in [-0.1, -0.05) is 0 Å². The molecule has 7 heteroatoms. The summed E-state index contributed by atoms with van der Waals surface area (Å²) in [6.45, 7) is 2.10. The number of carbonyl (C=O) groups excluding carboxylic acids is 2. The van der Waals surface area contributed by atoms with Crippen molar-refractivity contribution in [2.45, 2.75) is 13.0 Å². The van der Waals surface area contributed by atoms with Crippen molar-refractivity contribution < 1.29 is 28.5 Å². The lowest BCUT2D eigenvalue weighted by Crippen LogP contribution is -2.27. The van der Waals surface area contributed by atoms with E-state index in [9.17, 15) is 9.59 Å². The van der Waals surface area contributed by atoms with Gasteiger partial charge in [-0.3, -0.25) is 4.79 Å². The predicted octanol–water partition coefficient (Wildman–Crippen LogP) is 2.90. The minimum atomic E-state index is -0.763. The molecule has 1 atom stereocenters. The highest BCUT2D eigenvalue weighted by Gasteiger charge is 2.16. The summed E-state index contributed by atoms with van der Waals surface area (Å²) in [5.41, 5.74) is 1.13. The highest BCUT2D eigenvalue weighted by molar-refractivity contribution is 6.04. The van der Waals surface area contributed by atoms with E-state index < -0.39 is 12.1 Å². The molecule has 0 aromatic heterocycles. The summed E-state index contributed by atoms with van der Waals surface area (Å²) in [6, 6.07) is 13.5. The van der Waals surface area contributed by atoms with Crippen LogP contribution >= 0.6 is 0 Å². The Hall–Kier alpha value is -3.06. The van der Waals surface area contributed by atoms with Gasteiger partial charge in [0.2, 0.25) is 0 Å². The molecule has 2 aromatic rings. The van der Waals surface area contributed by atoms with Crippen molar-refractivity contribution in [1.29, 1.82) is 0 Å². The lowest BCUT2D eigenvalue weighted by molar-refractivity contribution is -0.152. The third-order valence-electron chi connectivity index (χ3n) is 3.64. The van der Waals surface area contributed by atoms with Gasteiger partial charge in [-0.2, -0.15) is 0 Å². The van der Waals surface area contributed by atoms with Crippen molar-refractivity contribution in [2.75, 3.05) is 32.8 Å². The Labute approximate surface area is 158 Å². The molecular weight excluding hydrogens is 350 g/mol. The van der Waals surface area contributed by atoms with Crippen LogP contribution in [0.25, 0.3) is 0 Å². The van der Waals surface area contributed by atoms with Crippen molar-refractivity contribution >= 4 is 17.6 Å². The molecule has 7 nitrogen and oxygen atoms in total. The Bertz CT molecular complexity index is 742. The maximum absolute atomic E-state index is 12.3. The molecule has 2 aromatic carbocycles. The number of ether oxygens (including phenoxy) is 4. The molecule has 1 N–H and O–H groups in total. The van der Waals surface area contributed by atoms with E-state index in [2.05, 4.69) is 5.32 Å². The highest BCUT2D eigenvalue weighted by Crippen LogP contribution is 2.18. The van der Waals surface area contributed by atoms with E-state index in [0.717, 1.165) is 0 Å². The first-order valence-corrected chi connectivity index (χ1v) is 8.41. The molecule has 1 unspecified atom stereocenters. The Morgan fingerprint density at radius 3 is 2.15 bits per heavy atom. The normalized spacial score (nSPS) is 11.4. The molecule has 0 saturated heterocycles. The van der Waals surface area contributed by atoms with Crippen molar-refractivity contribution in [3.05, 3.63) is 54.1 Å². The second kappa shape index (κ2) is 10.2. The maximum Gasteiger partial charge on any atom is 0.347 e. The quantitative estimate of drug-likeness (QED) is 0.538. The van der Waals surface area contributed by atoms with E-state index in [4.69, 9.17) is 18.9 Å². The van der Waals surface area contributed by atoms with Crippen molar-refractivity contribution in [3.8, 4) is 11.5 Å². The second-order valence-electron chi connectivity index (χ2n) is 5.63. The Morgan fingerprint density at radius 2 is 1.56 bits per heavy atom. The number of rotatable bonds is 9. The molecule has 0 radical (unpaired) electrons. The fourth-order valence-electron chi connectivity index (χ4n) is 2.16. The monoisotopic (exact) mass is 373 g/mol. The van der Waals surface area contributed by atoms with Gasteiger partial charge >= 0.3 is 5.97 Å². The molecule has 0 bridgehead atoms. The molecule has 0 heterocycles. The molecule has 0 saturated carbocycles. The van der Waals surface area contributed by atoms with Gasteiger partial charge in [-0.05, 0) is 55.5 Å². The van der Waals surface area contributed by atoms with Crippen molar-refractivity contribution in [3.63, 3.8) is 0 Å². The van der Waals surface area contributed by atoms with Gasteiger partial charge in [0.15, 0.2) is 6.10 Å². The van der Waals surface area contributed by atoms with E-state index in [-0.39, 0.29) is 12.5 Å². The zero-order valence-electron chi connectivity index (χ0n) is 15.6. The van der Waals surface area contributed by atoms with Crippen LogP contribution in [-0.2, 0) is 14.3 Å². The van der Waals surface area contributed by atoms with Gasteiger partial charge < -0.3 is 24.3 Å². The number of hydrogen-bond donors (Lipinski definition) is 1. The fourth-order valence-corrected chi connectivity index (χ4v) is 2.16. The molecule has 144 valence electrons. The molecule has 0 aliphatic heterocycles. The van der Waals surface area contributed by atoms with Crippen LogP contribution in [0, 0.1) is 0 Å². The number of methoxy groups -OCH3 is 2. The first-order valence-electron chi connectivity index (χ1n) is 8.41. The van der Waals surface area contributed by atoms with Crippen LogP contribution in [0.3, 0.4) is 0 Å². The van der Waals surface area contributed by atoms with E-state index in [1.54, 1.807) is 62.6 Å². The first kappa shape index (κ1) is 20.3. The minimum absolute atomic E-state index is 0.174. The van der Waals surface area contributed by atoms with Gasteiger partial charge in [-0.15, -0.1) is 0 Å². The Kier molecular flexibility index (Phi) is 7.63. The minimum Gasteiger partial charge on any atom is -0.497 e. The third-order valence-corrected chi connectivity index (χ3v) is 3.64. The lowest BCUT2D eigenvalue weighted by Gasteiger charge is -2.14. The number of hydrogen-bond acceptors (Lipinski definition) is 6. The molecule has 27 heavy (non-hydrogen) atoms. The van der Waals surface area contributed by atoms with Crippen LogP contribution in [0.5, 0.6) is 11.5 Å². The molecule has 0 aliphatic carbocycles. The topological polar surface area (TPSA) is 83.1 Å². The smallest absolute Gasteiger partial charge is 0.347 e. The number of esters is 1. The molecular formula is C20H23NO6. The van der Waals surface area contributed by atoms with Gasteiger partial charge in [0.25, 0.3) is 5.91 Å². The Morgan fingerprint density at radius 1 is 0.926 bits per heavy atom. The highest BCUT2D eigenvalue weighted by atomic mass is 16.6. The number of benzene rings is 2. The standard InChI is InChI=1S/C20H23NO6/c1-14(20(23)26-13-12-24-2)27-18-8-4-15(5-9-18)19(22)21-16-6-10-17(25-3)11-7-16/h4-11,14H,12-13H2,1-3H3,(H,21,22). The van der Waals surface area contributed by atoms with Crippen LogP contribution in [0.15, 0.2) is 48.5 Å². The summed E-state index contributed by atoms with van der Waals surface area (Å²) in [5, 5.41) is 2.80. The predicted molar refractivity (Wildman–Crippen MR) is 100 cm³/mol. The second-order valence-corrected chi connectivity index (χ2v) is 5.63. The number of carbonyl (C=O) groups is 2. The average molecular weight is 373 g/mol. The molecule has 2 rings (SSSR count). The zero-order chi connectivity index (χ0) is 19.6. The number of nitrogens with one attached hydrogen (secondary N) is 1. The van der Waals surface area contributed by atoms with E-state index in [0.29, 0.717) is 29.4 Å². The molecule has 0 spiro atoms. The molecule has 0 fully saturated rings. The van der Waals surface area contributed by atoms with Gasteiger partial charge in [-0.25, -0.2) is 4.79 Å². The van der Waals surface area contributed by atoms with Crippen molar-refractivity contribution in [2.24, 2.45) is 0 Å². The average Bonchev–Trinajstić information content (AvgIpc) is 2.69. The fraction of sp³-hybridized carbons (Fsp3) is 0.300. The number of amides is 1. The third kappa shape index (κ3) is 6.31. The summed E-state index contributed by atoms with van der Waals surface area (Å²) in [6.07, 6.45) is -0.763. The van der Waals surface area contributed by atoms with Crippen LogP contribution in [0.1, 0.15) is 17.3 Å². The van der Waals surface area contributed by atoms with Crippen LogP contribution < -0.4 is 14.8 Å². The van der Waals surface area contributed by atoms with E-state index in [1.807, 2.05) is 0 Å². The largest absolute Gasteiger partial charge is 0.497 e. The van der Waals surface area contributed by atoms with Crippen molar-refractivity contribution in [1.82, 2.24) is 0 Å². The van der Waals surface area contributed by atoms with Gasteiger partial charge in [0.1, 0.15) is 18.1 Å². The first-order chi connectivity index (χ1) is 13.0.